The highest BCUT2D eigenvalue weighted by atomic mass is 35.5. The van der Waals surface area contributed by atoms with Crippen molar-refractivity contribution >= 4 is 29.1 Å². The summed E-state index contributed by atoms with van der Waals surface area (Å²) in [5.74, 6) is -0.274. The van der Waals surface area contributed by atoms with E-state index in [1.54, 1.807) is 50.6 Å². The predicted molar refractivity (Wildman–Crippen MR) is 185 cm³/mol. The van der Waals surface area contributed by atoms with E-state index in [2.05, 4.69) is 34.9 Å². The number of likely N-dealkylation sites (N-methyl/N-ethyl adjacent to an activating group) is 1. The van der Waals surface area contributed by atoms with Crippen LogP contribution in [0.1, 0.15) is 47.6 Å². The molecular formula is C38H41ClFN3O5. The monoisotopic (exact) mass is 673 g/mol. The van der Waals surface area contributed by atoms with Crippen LogP contribution in [0, 0.1) is 5.82 Å². The van der Waals surface area contributed by atoms with Crippen LogP contribution in [0.4, 0.5) is 10.1 Å². The van der Waals surface area contributed by atoms with E-state index in [0.717, 1.165) is 32.4 Å². The van der Waals surface area contributed by atoms with Crippen LogP contribution in [0.5, 0.6) is 11.5 Å². The molecule has 0 aromatic heterocycles. The summed E-state index contributed by atoms with van der Waals surface area (Å²) in [5, 5.41) is 6.65. The van der Waals surface area contributed by atoms with Crippen LogP contribution < -0.4 is 25.0 Å². The average Bonchev–Trinajstić information content (AvgIpc) is 3.19. The van der Waals surface area contributed by atoms with Crippen LogP contribution in [0.3, 0.4) is 0 Å². The largest absolute Gasteiger partial charge is 0.492 e. The standard InChI is InChI=1S/C38H41ClFN3O5/c1-43-32-19-18-28(39)23-30(32)36(48-34(38(43)45)24-35(44)42-25-27-14-6-7-16-31(27)40)29-15-8-17-33(37(29)46-2)47-22-10-21-41-20-9-13-26-11-4-3-5-12-26/h3-8,11-12,14-19,23,34,36,41H,9-10,13,20-22,24-25H2,1-2H3,(H,42,44)/t34-,36-/m1/s1. The molecule has 0 fully saturated rings. The van der Waals surface area contributed by atoms with Gasteiger partial charge in [-0.05, 0) is 68.2 Å². The second-order valence-corrected chi connectivity index (χ2v) is 12.0. The fourth-order valence-electron chi connectivity index (χ4n) is 5.76. The molecule has 2 amide bonds. The molecule has 2 N–H and O–H groups in total. The quantitative estimate of drug-likeness (QED) is 0.138. The molecule has 0 unspecified atom stereocenters. The molecular weight excluding hydrogens is 633 g/mol. The van der Waals surface area contributed by atoms with Crippen molar-refractivity contribution < 1.29 is 28.2 Å². The summed E-state index contributed by atoms with van der Waals surface area (Å²) in [6.45, 7) is 2.18. The van der Waals surface area contributed by atoms with Gasteiger partial charge in [0.05, 0.1) is 20.1 Å². The van der Waals surface area contributed by atoms with E-state index in [9.17, 15) is 14.0 Å². The molecule has 0 spiro atoms. The topological polar surface area (TPSA) is 89.1 Å². The Bertz CT molecular complexity index is 1690. The minimum absolute atomic E-state index is 0.0159. The molecule has 4 aromatic rings. The third kappa shape index (κ3) is 8.92. The Morgan fingerprint density at radius 2 is 1.73 bits per heavy atom. The highest BCUT2D eigenvalue weighted by molar-refractivity contribution is 6.30. The maximum absolute atomic E-state index is 14.1. The minimum atomic E-state index is -1.14. The molecule has 10 heteroatoms. The molecule has 1 heterocycles. The summed E-state index contributed by atoms with van der Waals surface area (Å²) in [4.78, 5) is 28.2. The number of benzene rings is 4. The summed E-state index contributed by atoms with van der Waals surface area (Å²) in [7, 11) is 3.19. The highest BCUT2D eigenvalue weighted by Crippen LogP contribution is 2.45. The van der Waals surface area contributed by atoms with E-state index >= 15 is 0 Å². The second kappa shape index (κ2) is 17.1. The normalized spacial score (nSPS) is 15.8. The van der Waals surface area contributed by atoms with Gasteiger partial charge in [-0.1, -0.05) is 72.3 Å². The van der Waals surface area contributed by atoms with Crippen molar-refractivity contribution in [3.05, 3.63) is 124 Å². The first kappa shape index (κ1) is 34.9. The number of hydrogen-bond donors (Lipinski definition) is 2. The minimum Gasteiger partial charge on any atom is -0.492 e. The smallest absolute Gasteiger partial charge is 0.256 e. The number of carbonyl (C=O) groups excluding carboxylic acids is 2. The van der Waals surface area contributed by atoms with Crippen molar-refractivity contribution in [2.24, 2.45) is 0 Å². The SMILES string of the molecule is COc1c(OCCCNCCCc2ccccc2)cccc1[C@H]1O[C@H](CC(=O)NCc2ccccc2F)C(=O)N(C)c2ccc(Cl)cc21. The fourth-order valence-corrected chi connectivity index (χ4v) is 5.94. The Hall–Kier alpha value is -4.44. The Kier molecular flexibility index (Phi) is 12.4. The summed E-state index contributed by atoms with van der Waals surface area (Å²) in [6, 6.07) is 27.4. The number of nitrogens with one attached hydrogen (secondary N) is 2. The van der Waals surface area contributed by atoms with Crippen LogP contribution >= 0.6 is 11.6 Å². The number of nitrogens with zero attached hydrogens (tertiary/aromatic N) is 1. The third-order valence-electron chi connectivity index (χ3n) is 8.26. The zero-order valence-corrected chi connectivity index (χ0v) is 28.0. The number of aryl methyl sites for hydroxylation is 1. The van der Waals surface area contributed by atoms with Gasteiger partial charge in [0.25, 0.3) is 5.91 Å². The number of amides is 2. The van der Waals surface area contributed by atoms with E-state index in [1.807, 2.05) is 24.3 Å². The van der Waals surface area contributed by atoms with Crippen molar-refractivity contribution in [1.29, 1.82) is 0 Å². The number of methoxy groups -OCH3 is 1. The van der Waals surface area contributed by atoms with Crippen LogP contribution in [-0.2, 0) is 27.3 Å². The fraction of sp³-hybridized carbons (Fsp3) is 0.316. The number of hydrogen-bond acceptors (Lipinski definition) is 6. The zero-order chi connectivity index (χ0) is 33.9. The van der Waals surface area contributed by atoms with Gasteiger partial charge in [0.2, 0.25) is 5.91 Å². The summed E-state index contributed by atoms with van der Waals surface area (Å²) in [5.41, 5.74) is 3.54. The van der Waals surface area contributed by atoms with Crippen molar-refractivity contribution in [3.63, 3.8) is 0 Å². The molecule has 0 saturated heterocycles. The predicted octanol–water partition coefficient (Wildman–Crippen LogP) is 6.64. The van der Waals surface area contributed by atoms with Crippen molar-refractivity contribution in [3.8, 4) is 11.5 Å². The van der Waals surface area contributed by atoms with E-state index in [-0.39, 0.29) is 13.0 Å². The maximum Gasteiger partial charge on any atom is 0.256 e. The third-order valence-corrected chi connectivity index (χ3v) is 8.49. The molecule has 8 nitrogen and oxygen atoms in total. The summed E-state index contributed by atoms with van der Waals surface area (Å²) < 4.78 is 32.7. The van der Waals surface area contributed by atoms with Crippen molar-refractivity contribution in [2.75, 3.05) is 38.8 Å². The van der Waals surface area contributed by atoms with E-state index in [1.165, 1.54) is 16.5 Å². The van der Waals surface area contributed by atoms with Crippen LogP contribution in [-0.4, -0.2) is 51.8 Å². The lowest BCUT2D eigenvalue weighted by atomic mass is 9.98. The molecule has 1 aliphatic heterocycles. The average molecular weight is 674 g/mol. The number of halogens is 2. The Balaban J connectivity index is 1.27. The Morgan fingerprint density at radius 1 is 0.958 bits per heavy atom. The number of rotatable bonds is 15. The molecule has 0 saturated carbocycles. The van der Waals surface area contributed by atoms with Crippen molar-refractivity contribution in [2.45, 2.75) is 44.4 Å². The van der Waals surface area contributed by atoms with E-state index < -0.39 is 29.8 Å². The summed E-state index contributed by atoms with van der Waals surface area (Å²) in [6.07, 6.45) is 0.648. The first-order valence-corrected chi connectivity index (χ1v) is 16.5. The van der Waals surface area contributed by atoms with E-state index in [0.29, 0.717) is 45.5 Å². The van der Waals surface area contributed by atoms with Gasteiger partial charge in [-0.2, -0.15) is 0 Å². The number of carbonyl (C=O) groups is 2. The lowest BCUT2D eigenvalue weighted by molar-refractivity contribution is -0.137. The number of ether oxygens (including phenoxy) is 3. The van der Waals surface area contributed by atoms with Gasteiger partial charge in [-0.15, -0.1) is 0 Å². The number of anilines is 1. The number of para-hydroxylation sites is 1. The molecule has 48 heavy (non-hydrogen) atoms. The van der Waals surface area contributed by atoms with Crippen LogP contribution in [0.15, 0.2) is 91.0 Å². The molecule has 0 aliphatic carbocycles. The lowest BCUT2D eigenvalue weighted by Gasteiger charge is -2.24. The molecule has 0 radical (unpaired) electrons. The summed E-state index contributed by atoms with van der Waals surface area (Å²) >= 11 is 6.45. The molecule has 4 aromatic carbocycles. The highest BCUT2D eigenvalue weighted by Gasteiger charge is 2.37. The van der Waals surface area contributed by atoms with Crippen molar-refractivity contribution in [1.82, 2.24) is 10.6 Å². The van der Waals surface area contributed by atoms with Crippen LogP contribution in [0.2, 0.25) is 5.02 Å². The zero-order valence-electron chi connectivity index (χ0n) is 27.2. The number of fused-ring (bicyclic) bond motifs is 1. The van der Waals surface area contributed by atoms with Gasteiger partial charge < -0.3 is 29.7 Å². The Labute approximate surface area is 286 Å². The first-order valence-electron chi connectivity index (χ1n) is 16.1. The van der Waals surface area contributed by atoms with Gasteiger partial charge in [-0.25, -0.2) is 4.39 Å². The molecule has 2 atom stereocenters. The van der Waals surface area contributed by atoms with E-state index in [4.69, 9.17) is 25.8 Å². The van der Waals surface area contributed by atoms with Crippen LogP contribution in [0.25, 0.3) is 0 Å². The molecule has 5 rings (SSSR count). The molecule has 0 bridgehead atoms. The molecule has 1 aliphatic rings. The second-order valence-electron chi connectivity index (χ2n) is 11.6. The van der Waals surface area contributed by atoms with Gasteiger partial charge >= 0.3 is 0 Å². The Morgan fingerprint density at radius 3 is 2.52 bits per heavy atom. The van der Waals surface area contributed by atoms with Gasteiger partial charge in [0.1, 0.15) is 18.0 Å². The first-order chi connectivity index (χ1) is 23.4. The maximum atomic E-state index is 14.1. The van der Waals surface area contributed by atoms with Gasteiger partial charge in [-0.3, -0.25) is 9.59 Å². The molecule has 252 valence electrons. The van der Waals surface area contributed by atoms with Gasteiger partial charge in [0.15, 0.2) is 11.5 Å². The van der Waals surface area contributed by atoms with Gasteiger partial charge in [0, 0.05) is 41.0 Å². The lowest BCUT2D eigenvalue weighted by Crippen LogP contribution is -2.40.